The van der Waals surface area contributed by atoms with Crippen molar-refractivity contribution in [2.75, 3.05) is 13.2 Å². The third-order valence-electron chi connectivity index (χ3n) is 8.11. The van der Waals surface area contributed by atoms with Gasteiger partial charge in [-0.3, -0.25) is 9.59 Å². The maximum Gasteiger partial charge on any atom is 0.253 e. The summed E-state index contributed by atoms with van der Waals surface area (Å²) in [6.07, 6.45) is 2.66. The number of aliphatic hydroxyl groups excluding tert-OH is 2. The van der Waals surface area contributed by atoms with Crippen molar-refractivity contribution < 1.29 is 29.3 Å². The summed E-state index contributed by atoms with van der Waals surface area (Å²) in [7, 11) is 0. The molecule has 4 aromatic carbocycles. The molecule has 4 N–H and O–H groups in total. The Hall–Kier alpha value is -4.08. The van der Waals surface area contributed by atoms with Crippen LogP contribution in [-0.4, -0.2) is 47.3 Å². The van der Waals surface area contributed by atoms with E-state index in [1.807, 2.05) is 62.4 Å². The second-order valence-corrected chi connectivity index (χ2v) is 13.4. The van der Waals surface area contributed by atoms with Gasteiger partial charge in [0.2, 0.25) is 0 Å². The van der Waals surface area contributed by atoms with Gasteiger partial charge in [-0.15, -0.1) is 0 Å². The summed E-state index contributed by atoms with van der Waals surface area (Å²) in [6.45, 7) is 5.07. The normalized spacial score (nSPS) is 13.5. The van der Waals surface area contributed by atoms with Gasteiger partial charge >= 0.3 is 0 Å². The minimum atomic E-state index is -1.27. The molecule has 4 rings (SSSR count). The van der Waals surface area contributed by atoms with Crippen molar-refractivity contribution in [1.29, 1.82) is 0 Å². The van der Waals surface area contributed by atoms with Gasteiger partial charge in [-0.1, -0.05) is 71.7 Å². The van der Waals surface area contributed by atoms with E-state index in [9.17, 15) is 19.8 Å². The van der Waals surface area contributed by atoms with Crippen molar-refractivity contribution in [2.45, 2.75) is 76.7 Å². The second kappa shape index (κ2) is 19.9. The van der Waals surface area contributed by atoms with Crippen LogP contribution in [0.3, 0.4) is 0 Å². The minimum absolute atomic E-state index is 0.163. The SMILES string of the molecule is CC(Cc1ccc(OCCCCCCOc2ccc(CC(C)NC(=O)[C@H](O)c3cccc(Cl)c3)cc2)cc1)NC(=O)C(O)c1cccc(Cl)c1. The molecule has 0 saturated carbocycles. The highest BCUT2D eigenvalue weighted by molar-refractivity contribution is 6.31. The smallest absolute Gasteiger partial charge is 0.253 e. The molecule has 0 aliphatic rings. The summed E-state index contributed by atoms with van der Waals surface area (Å²) in [5.41, 5.74) is 3.03. The fourth-order valence-electron chi connectivity index (χ4n) is 5.49. The Kier molecular flexibility index (Phi) is 15.4. The summed E-state index contributed by atoms with van der Waals surface area (Å²) in [4.78, 5) is 24.9. The highest BCUT2D eigenvalue weighted by Gasteiger charge is 2.21. The Bertz CT molecular complexity index is 1530. The van der Waals surface area contributed by atoms with E-state index >= 15 is 0 Å². The number of carbonyl (C=O) groups excluding carboxylic acids is 2. The fraction of sp³-hybridized carbons (Fsp3) is 0.350. The van der Waals surface area contributed by atoms with Gasteiger partial charge in [0.1, 0.15) is 11.5 Å². The number of amides is 2. The molecule has 8 nitrogen and oxygen atoms in total. The van der Waals surface area contributed by atoms with E-state index in [2.05, 4.69) is 10.6 Å². The number of rotatable bonds is 19. The monoisotopic (exact) mass is 720 g/mol. The molecule has 50 heavy (non-hydrogen) atoms. The maximum absolute atomic E-state index is 12.5. The summed E-state index contributed by atoms with van der Waals surface area (Å²) in [5.74, 6) is 0.696. The van der Waals surface area contributed by atoms with Gasteiger partial charge in [0.25, 0.3) is 11.8 Å². The predicted octanol–water partition coefficient (Wildman–Crippen LogP) is 7.57. The van der Waals surface area contributed by atoms with Crippen LogP contribution in [0, 0.1) is 0 Å². The van der Waals surface area contributed by atoms with Crippen LogP contribution in [0.15, 0.2) is 97.1 Å². The molecule has 4 atom stereocenters. The first-order chi connectivity index (χ1) is 24.1. The maximum atomic E-state index is 12.5. The summed E-state index contributed by atoms with van der Waals surface area (Å²) < 4.78 is 11.8. The number of unbranched alkanes of at least 4 members (excludes halogenated alkanes) is 3. The standard InChI is InChI=1S/C40H46Cl2N2O6/c1-27(43-39(47)37(45)31-9-7-11-33(41)25-31)23-29-13-17-35(18-14-29)49-21-5-3-4-6-22-50-36-19-15-30(16-20-36)24-28(2)44-40(48)38(46)32-10-8-12-34(42)26-32/h7-20,25-28,37-38,45-46H,3-6,21-24H2,1-2H3,(H,43,47)(H,44,48)/t27?,28?,37-,38?/m1/s1. The Balaban J connectivity index is 1.04. The van der Waals surface area contributed by atoms with E-state index in [1.54, 1.807) is 48.5 Å². The molecule has 0 heterocycles. The second-order valence-electron chi connectivity index (χ2n) is 12.5. The zero-order valence-electron chi connectivity index (χ0n) is 28.5. The van der Waals surface area contributed by atoms with Crippen molar-refractivity contribution >= 4 is 35.0 Å². The third-order valence-corrected chi connectivity index (χ3v) is 8.58. The van der Waals surface area contributed by atoms with E-state index in [1.165, 1.54) is 0 Å². The highest BCUT2D eigenvalue weighted by atomic mass is 35.5. The highest BCUT2D eigenvalue weighted by Crippen LogP contribution is 2.21. The number of aliphatic hydroxyl groups is 2. The molecule has 0 saturated heterocycles. The molecule has 0 spiro atoms. The predicted molar refractivity (Wildman–Crippen MR) is 198 cm³/mol. The molecule has 2 amide bonds. The van der Waals surface area contributed by atoms with Crippen LogP contribution in [0.2, 0.25) is 10.0 Å². The molecular weight excluding hydrogens is 675 g/mol. The van der Waals surface area contributed by atoms with Crippen molar-refractivity contribution in [2.24, 2.45) is 0 Å². The van der Waals surface area contributed by atoms with E-state index in [-0.39, 0.29) is 12.1 Å². The molecule has 4 aromatic rings. The molecule has 0 bridgehead atoms. The number of hydrogen-bond donors (Lipinski definition) is 4. The average molecular weight is 722 g/mol. The molecule has 3 unspecified atom stereocenters. The van der Waals surface area contributed by atoms with E-state index in [0.717, 1.165) is 48.3 Å². The molecule has 0 fully saturated rings. The number of halogens is 2. The van der Waals surface area contributed by atoms with Gasteiger partial charge in [-0.25, -0.2) is 0 Å². The van der Waals surface area contributed by atoms with Gasteiger partial charge in [0.05, 0.1) is 13.2 Å². The number of carbonyl (C=O) groups is 2. The van der Waals surface area contributed by atoms with Crippen LogP contribution in [0.1, 0.15) is 74.0 Å². The average Bonchev–Trinajstić information content (AvgIpc) is 3.10. The lowest BCUT2D eigenvalue weighted by Gasteiger charge is -2.18. The quantitative estimate of drug-likeness (QED) is 0.0743. The number of benzene rings is 4. The first-order valence-corrected chi connectivity index (χ1v) is 17.7. The Labute approximate surface area is 304 Å². The van der Waals surface area contributed by atoms with Gasteiger partial charge < -0.3 is 30.3 Å². The lowest BCUT2D eigenvalue weighted by molar-refractivity contribution is -0.130. The van der Waals surface area contributed by atoms with Gasteiger partial charge in [0.15, 0.2) is 12.2 Å². The molecule has 0 aliphatic heterocycles. The topological polar surface area (TPSA) is 117 Å². The summed E-state index contributed by atoms with van der Waals surface area (Å²) >= 11 is 11.9. The van der Waals surface area contributed by atoms with E-state index < -0.39 is 24.0 Å². The molecule has 266 valence electrons. The van der Waals surface area contributed by atoms with Crippen LogP contribution in [-0.2, 0) is 22.4 Å². The van der Waals surface area contributed by atoms with Crippen LogP contribution < -0.4 is 20.1 Å². The first kappa shape index (κ1) is 38.7. The zero-order chi connectivity index (χ0) is 35.9. The Morgan fingerprint density at radius 1 is 0.600 bits per heavy atom. The summed E-state index contributed by atoms with van der Waals surface area (Å²) in [6, 6.07) is 28.7. The molecule has 0 radical (unpaired) electrons. The van der Waals surface area contributed by atoms with Crippen molar-refractivity contribution in [3.8, 4) is 11.5 Å². The molecule has 10 heteroatoms. The number of hydrogen-bond acceptors (Lipinski definition) is 6. The third kappa shape index (κ3) is 13.0. The summed E-state index contributed by atoms with van der Waals surface area (Å²) in [5, 5.41) is 27.4. The number of nitrogens with one attached hydrogen (secondary N) is 2. The van der Waals surface area contributed by atoms with E-state index in [4.69, 9.17) is 32.7 Å². The van der Waals surface area contributed by atoms with Gasteiger partial charge in [-0.2, -0.15) is 0 Å². The fourth-order valence-corrected chi connectivity index (χ4v) is 5.89. The Morgan fingerprint density at radius 2 is 0.980 bits per heavy atom. The molecular formula is C40H46Cl2N2O6. The van der Waals surface area contributed by atoms with Crippen molar-refractivity contribution in [1.82, 2.24) is 10.6 Å². The zero-order valence-corrected chi connectivity index (χ0v) is 30.0. The van der Waals surface area contributed by atoms with E-state index in [0.29, 0.717) is 47.2 Å². The van der Waals surface area contributed by atoms with Crippen LogP contribution in [0.25, 0.3) is 0 Å². The van der Waals surface area contributed by atoms with Crippen molar-refractivity contribution in [3.05, 3.63) is 129 Å². The van der Waals surface area contributed by atoms with Crippen molar-refractivity contribution in [3.63, 3.8) is 0 Å². The molecule has 0 aliphatic carbocycles. The van der Waals surface area contributed by atoms with Crippen LogP contribution in [0.5, 0.6) is 11.5 Å². The lowest BCUT2D eigenvalue weighted by atomic mass is 10.1. The largest absolute Gasteiger partial charge is 0.494 e. The minimum Gasteiger partial charge on any atom is -0.494 e. The lowest BCUT2D eigenvalue weighted by Crippen LogP contribution is -2.37. The first-order valence-electron chi connectivity index (χ1n) is 17.0. The van der Waals surface area contributed by atoms with Crippen LogP contribution in [0.4, 0.5) is 0 Å². The van der Waals surface area contributed by atoms with Crippen LogP contribution >= 0.6 is 23.2 Å². The van der Waals surface area contributed by atoms with Gasteiger partial charge in [-0.05, 0) is 123 Å². The Morgan fingerprint density at radius 3 is 1.34 bits per heavy atom. The molecule has 0 aromatic heterocycles. The van der Waals surface area contributed by atoms with Gasteiger partial charge in [0, 0.05) is 22.1 Å². The number of ether oxygens (including phenoxy) is 2.